The van der Waals surface area contributed by atoms with Gasteiger partial charge in [-0.1, -0.05) is 18.5 Å². The molecular weight excluding hydrogens is 583 g/mol. The van der Waals surface area contributed by atoms with Crippen LogP contribution >= 0.6 is 23.2 Å². The van der Waals surface area contributed by atoms with Crippen molar-refractivity contribution in [3.05, 3.63) is 33.2 Å². The molecule has 3 unspecified atom stereocenters. The summed E-state index contributed by atoms with van der Waals surface area (Å²) in [6.07, 6.45) is -0.847. The largest absolute Gasteiger partial charge is 0.444 e. The Balaban J connectivity index is 1.62. The van der Waals surface area contributed by atoms with Gasteiger partial charge in [0.05, 0.1) is 35.6 Å². The molecule has 2 aromatic heterocycles. The molecule has 0 aliphatic heterocycles. The molecule has 2 heterocycles. The minimum atomic E-state index is -3.01. The number of amides is 1. The van der Waals surface area contributed by atoms with Crippen molar-refractivity contribution >= 4 is 51.8 Å². The van der Waals surface area contributed by atoms with Crippen LogP contribution in [-0.4, -0.2) is 76.5 Å². The maximum absolute atomic E-state index is 14.3. The molecule has 4 rings (SSSR count). The standard InChI is InChI=1S/C27H35Cl2F2N5O5/c1-25(2,3)41-24(38)34-16-10-27(30,31)9-15(16)33-23-32-11-13-8-14(22(37)36(5)21(13)35-23)18-19(28)26(4,20(18)29)17(40-7)12-39-6/h8,11,15-17,19H,9-10,12H2,1-7H3,(H,34,38)(H,32,33,35)/t15?,16?,17-,19?,26-/m1/s1. The number of pyridine rings is 1. The first-order valence-electron chi connectivity index (χ1n) is 13.1. The number of allylic oxidation sites excluding steroid dienone is 1. The number of alkyl carbamates (subject to hydrolysis) is 1. The Morgan fingerprint density at radius 3 is 2.51 bits per heavy atom. The smallest absolute Gasteiger partial charge is 0.407 e. The fraction of sp³-hybridized carbons (Fsp3) is 0.630. The molecule has 0 bridgehead atoms. The zero-order chi connectivity index (χ0) is 30.5. The van der Waals surface area contributed by atoms with Crippen molar-refractivity contribution in [1.82, 2.24) is 19.9 Å². The van der Waals surface area contributed by atoms with Crippen molar-refractivity contribution < 1.29 is 27.8 Å². The van der Waals surface area contributed by atoms with Gasteiger partial charge in [-0.15, -0.1) is 11.6 Å². The van der Waals surface area contributed by atoms with E-state index in [9.17, 15) is 18.4 Å². The molecule has 2 N–H and O–H groups in total. The fourth-order valence-corrected chi connectivity index (χ4v) is 6.41. The van der Waals surface area contributed by atoms with E-state index in [0.29, 0.717) is 21.6 Å². The lowest BCUT2D eigenvalue weighted by Crippen LogP contribution is -2.52. The van der Waals surface area contributed by atoms with Gasteiger partial charge in [-0.3, -0.25) is 9.36 Å². The summed E-state index contributed by atoms with van der Waals surface area (Å²) >= 11 is 13.5. The number of ether oxygens (including phenoxy) is 3. The second-order valence-electron chi connectivity index (χ2n) is 11.7. The molecule has 2 aromatic rings. The number of hydrogen-bond donors (Lipinski definition) is 2. The summed E-state index contributed by atoms with van der Waals surface area (Å²) in [5.41, 5.74) is -0.867. The van der Waals surface area contributed by atoms with Gasteiger partial charge >= 0.3 is 6.09 Å². The minimum Gasteiger partial charge on any atom is -0.444 e. The summed E-state index contributed by atoms with van der Waals surface area (Å²) in [5, 5.41) is 5.73. The normalized spacial score (nSPS) is 26.6. The number of fused-ring (bicyclic) bond motifs is 1. The zero-order valence-electron chi connectivity index (χ0n) is 24.0. The van der Waals surface area contributed by atoms with Gasteiger partial charge in [0.2, 0.25) is 5.95 Å². The molecule has 226 valence electrons. The van der Waals surface area contributed by atoms with Crippen molar-refractivity contribution in [1.29, 1.82) is 0 Å². The Kier molecular flexibility index (Phi) is 8.63. The first-order valence-corrected chi connectivity index (χ1v) is 13.9. The van der Waals surface area contributed by atoms with Crippen LogP contribution in [0.15, 0.2) is 22.1 Å². The van der Waals surface area contributed by atoms with Crippen LogP contribution in [-0.2, 0) is 21.3 Å². The van der Waals surface area contributed by atoms with Crippen LogP contribution in [0.5, 0.6) is 0 Å². The van der Waals surface area contributed by atoms with Crippen molar-refractivity contribution in [3.63, 3.8) is 0 Å². The predicted molar refractivity (Wildman–Crippen MR) is 153 cm³/mol. The number of aromatic nitrogens is 3. The fourth-order valence-electron chi connectivity index (χ4n) is 5.38. The molecule has 1 amide bonds. The Morgan fingerprint density at radius 1 is 1.27 bits per heavy atom. The summed E-state index contributed by atoms with van der Waals surface area (Å²) in [6, 6.07) is -0.189. The number of alkyl halides is 3. The third kappa shape index (κ3) is 6.02. The van der Waals surface area contributed by atoms with E-state index in [1.54, 1.807) is 48.1 Å². The average Bonchev–Trinajstić information content (AvgIpc) is 3.16. The number of rotatable bonds is 8. The summed E-state index contributed by atoms with van der Waals surface area (Å²) in [5.74, 6) is -2.98. The minimum absolute atomic E-state index is 0.0325. The van der Waals surface area contributed by atoms with Crippen molar-refractivity contribution in [3.8, 4) is 0 Å². The lowest BCUT2D eigenvalue weighted by atomic mass is 9.66. The summed E-state index contributed by atoms with van der Waals surface area (Å²) in [6.45, 7) is 7.17. The third-order valence-electron chi connectivity index (χ3n) is 7.54. The lowest BCUT2D eigenvalue weighted by molar-refractivity contribution is -0.0341. The van der Waals surface area contributed by atoms with Gasteiger partial charge in [0.25, 0.3) is 11.5 Å². The van der Waals surface area contributed by atoms with Crippen LogP contribution in [0, 0.1) is 5.41 Å². The van der Waals surface area contributed by atoms with Crippen LogP contribution in [0.2, 0.25) is 0 Å². The van der Waals surface area contributed by atoms with Gasteiger partial charge in [-0.25, -0.2) is 18.6 Å². The molecule has 0 aromatic carbocycles. The van der Waals surface area contributed by atoms with Crippen LogP contribution < -0.4 is 16.2 Å². The summed E-state index contributed by atoms with van der Waals surface area (Å²) < 4.78 is 46.0. The highest BCUT2D eigenvalue weighted by Crippen LogP contribution is 2.58. The van der Waals surface area contributed by atoms with Gasteiger partial charge in [0.15, 0.2) is 0 Å². The number of anilines is 1. The highest BCUT2D eigenvalue weighted by Gasteiger charge is 2.55. The lowest BCUT2D eigenvalue weighted by Gasteiger charge is -2.49. The average molecular weight is 619 g/mol. The molecule has 1 fully saturated rings. The molecule has 0 radical (unpaired) electrons. The first-order chi connectivity index (χ1) is 19.0. The van der Waals surface area contributed by atoms with E-state index in [0.717, 1.165) is 0 Å². The topological polar surface area (TPSA) is 117 Å². The maximum atomic E-state index is 14.3. The molecule has 5 atom stereocenters. The van der Waals surface area contributed by atoms with Gasteiger partial charge in [0.1, 0.15) is 11.2 Å². The number of nitrogens with zero attached hydrogens (tertiary/aromatic N) is 3. The predicted octanol–water partition coefficient (Wildman–Crippen LogP) is 4.67. The number of halogens is 4. The van der Waals surface area contributed by atoms with Crippen molar-refractivity contribution in [2.45, 2.75) is 75.6 Å². The Morgan fingerprint density at radius 2 is 1.93 bits per heavy atom. The zero-order valence-corrected chi connectivity index (χ0v) is 25.5. The number of carbonyl (C=O) groups is 1. The van der Waals surface area contributed by atoms with E-state index in [-0.39, 0.29) is 23.8 Å². The van der Waals surface area contributed by atoms with Crippen LogP contribution in [0.1, 0.15) is 46.1 Å². The van der Waals surface area contributed by atoms with Gasteiger partial charge < -0.3 is 24.8 Å². The van der Waals surface area contributed by atoms with E-state index >= 15 is 0 Å². The summed E-state index contributed by atoms with van der Waals surface area (Å²) in [4.78, 5) is 34.4. The van der Waals surface area contributed by atoms with Gasteiger partial charge in [-0.2, -0.15) is 4.98 Å². The van der Waals surface area contributed by atoms with E-state index in [1.165, 1.54) is 10.8 Å². The number of aryl methyl sites for hydroxylation is 1. The number of hydrogen-bond acceptors (Lipinski definition) is 8. The van der Waals surface area contributed by atoms with E-state index in [2.05, 4.69) is 20.6 Å². The molecule has 2 aliphatic rings. The molecule has 14 heteroatoms. The molecule has 0 spiro atoms. The molecular formula is C27H35Cl2F2N5O5. The summed E-state index contributed by atoms with van der Waals surface area (Å²) in [7, 11) is 4.63. The van der Waals surface area contributed by atoms with E-state index in [1.807, 2.05) is 6.92 Å². The SMILES string of the molecule is COC[C@@H](OC)[C@@]1(C)C(Cl)=C(c2cc3cnc(NC4CC(F)(F)CC4NC(=O)OC(C)(C)C)nc3n(C)c2=O)C1Cl. The first kappa shape index (κ1) is 31.4. The van der Waals surface area contributed by atoms with Crippen LogP contribution in [0.3, 0.4) is 0 Å². The number of carbonyl (C=O) groups excluding carboxylic acids is 1. The molecule has 2 aliphatic carbocycles. The van der Waals surface area contributed by atoms with Gasteiger partial charge in [-0.05, 0) is 32.4 Å². The molecule has 1 saturated carbocycles. The Bertz CT molecular complexity index is 1430. The highest BCUT2D eigenvalue weighted by molar-refractivity contribution is 6.41. The van der Waals surface area contributed by atoms with E-state index < -0.39 is 59.4 Å². The molecule has 10 nitrogen and oxygen atoms in total. The second kappa shape index (κ2) is 11.3. The van der Waals surface area contributed by atoms with Crippen LogP contribution in [0.25, 0.3) is 16.6 Å². The van der Waals surface area contributed by atoms with E-state index in [4.69, 9.17) is 37.4 Å². The number of methoxy groups -OCH3 is 2. The van der Waals surface area contributed by atoms with Gasteiger partial charge in [0, 0.05) is 56.3 Å². The van der Waals surface area contributed by atoms with Crippen molar-refractivity contribution in [2.24, 2.45) is 12.5 Å². The Labute approximate surface area is 246 Å². The monoisotopic (exact) mass is 617 g/mol. The van der Waals surface area contributed by atoms with Crippen LogP contribution in [0.4, 0.5) is 19.5 Å². The third-order valence-corrected chi connectivity index (χ3v) is 8.82. The second-order valence-corrected chi connectivity index (χ2v) is 12.5. The molecule has 41 heavy (non-hydrogen) atoms. The Hall–Kier alpha value is -2.54. The number of nitrogens with one attached hydrogen (secondary N) is 2. The maximum Gasteiger partial charge on any atom is 0.407 e. The highest BCUT2D eigenvalue weighted by atomic mass is 35.5. The van der Waals surface area contributed by atoms with Crippen molar-refractivity contribution in [2.75, 3.05) is 26.1 Å². The quantitative estimate of drug-likeness (QED) is 0.411. The molecule has 0 saturated heterocycles.